The minimum Gasteiger partial charge on any atom is -0.378 e. The summed E-state index contributed by atoms with van der Waals surface area (Å²) in [6.45, 7) is 6.73. The standard InChI is InChI=1S/C36H42O3/c1-24(37)30-15-16-31-29-14-13-28-23-36(39,22-21-34(28,2)32(29)18-19-35(30,31)3)20-17-25-9-11-27(12-10-25)33(38)26-7-5-4-6-8-26/h4-12,28-32,39H,13-16,18-19,21-23H2,1-3H3/t28-,29+,30-,31+,32+,34+,35-,36-/m1/s1. The van der Waals surface area contributed by atoms with E-state index >= 15 is 0 Å². The van der Waals surface area contributed by atoms with Crippen LogP contribution >= 0.6 is 0 Å². The summed E-state index contributed by atoms with van der Waals surface area (Å²) in [5, 5.41) is 11.6. The first-order valence-electron chi connectivity index (χ1n) is 15.1. The van der Waals surface area contributed by atoms with E-state index in [9.17, 15) is 14.7 Å². The van der Waals surface area contributed by atoms with Crippen LogP contribution in [0, 0.1) is 52.3 Å². The lowest BCUT2D eigenvalue weighted by molar-refractivity contribution is -0.144. The molecule has 4 aliphatic carbocycles. The van der Waals surface area contributed by atoms with Crippen LogP contribution in [0.4, 0.5) is 0 Å². The zero-order valence-electron chi connectivity index (χ0n) is 23.7. The summed E-state index contributed by atoms with van der Waals surface area (Å²) in [6.07, 6.45) is 9.59. The zero-order valence-corrected chi connectivity index (χ0v) is 23.7. The lowest BCUT2D eigenvalue weighted by atomic mass is 9.44. The largest absolute Gasteiger partial charge is 0.378 e. The predicted molar refractivity (Wildman–Crippen MR) is 154 cm³/mol. The Kier molecular flexibility index (Phi) is 6.62. The first kappa shape index (κ1) is 26.5. The van der Waals surface area contributed by atoms with Crippen molar-refractivity contribution >= 4 is 11.6 Å². The van der Waals surface area contributed by atoms with Gasteiger partial charge in [-0.3, -0.25) is 9.59 Å². The number of aliphatic hydroxyl groups is 1. The molecule has 2 aromatic carbocycles. The van der Waals surface area contributed by atoms with Crippen molar-refractivity contribution in [2.24, 2.45) is 40.4 Å². The van der Waals surface area contributed by atoms with Crippen LogP contribution in [-0.4, -0.2) is 22.3 Å². The molecule has 4 fully saturated rings. The monoisotopic (exact) mass is 522 g/mol. The third-order valence-electron chi connectivity index (χ3n) is 11.8. The van der Waals surface area contributed by atoms with Crippen molar-refractivity contribution in [3.63, 3.8) is 0 Å². The fourth-order valence-electron chi connectivity index (χ4n) is 9.68. The van der Waals surface area contributed by atoms with Crippen molar-refractivity contribution in [1.29, 1.82) is 0 Å². The number of benzene rings is 2. The molecule has 3 nitrogen and oxygen atoms in total. The van der Waals surface area contributed by atoms with Gasteiger partial charge in [-0.05, 0) is 123 Å². The smallest absolute Gasteiger partial charge is 0.193 e. The molecule has 0 saturated heterocycles. The Balaban J connectivity index is 1.15. The van der Waals surface area contributed by atoms with Crippen LogP contribution in [0.15, 0.2) is 54.6 Å². The second kappa shape index (κ2) is 9.74. The van der Waals surface area contributed by atoms with Crippen molar-refractivity contribution in [3.05, 3.63) is 71.3 Å². The molecule has 0 heterocycles. The summed E-state index contributed by atoms with van der Waals surface area (Å²) in [7, 11) is 0. The Bertz CT molecular complexity index is 1320. The van der Waals surface area contributed by atoms with Crippen molar-refractivity contribution in [3.8, 4) is 11.8 Å². The first-order chi connectivity index (χ1) is 18.6. The van der Waals surface area contributed by atoms with Gasteiger partial charge in [0.2, 0.25) is 0 Å². The van der Waals surface area contributed by atoms with E-state index < -0.39 is 5.60 Å². The van der Waals surface area contributed by atoms with E-state index in [0.29, 0.717) is 34.7 Å². The van der Waals surface area contributed by atoms with Gasteiger partial charge in [0.05, 0.1) is 0 Å². The highest BCUT2D eigenvalue weighted by Gasteiger charge is 2.61. The van der Waals surface area contributed by atoms with Gasteiger partial charge < -0.3 is 5.11 Å². The highest BCUT2D eigenvalue weighted by Crippen LogP contribution is 2.68. The van der Waals surface area contributed by atoms with E-state index in [1.54, 1.807) is 0 Å². The van der Waals surface area contributed by atoms with Crippen molar-refractivity contribution in [1.82, 2.24) is 0 Å². The van der Waals surface area contributed by atoms with Crippen molar-refractivity contribution < 1.29 is 14.7 Å². The number of carbonyl (C=O) groups is 2. The average Bonchev–Trinajstić information content (AvgIpc) is 3.30. The molecule has 0 aromatic heterocycles. The number of rotatable bonds is 3. The van der Waals surface area contributed by atoms with Crippen LogP contribution in [0.1, 0.15) is 100 Å². The number of hydrogen-bond donors (Lipinski definition) is 1. The third kappa shape index (κ3) is 4.50. The minimum atomic E-state index is -0.953. The average molecular weight is 523 g/mol. The highest BCUT2D eigenvalue weighted by atomic mass is 16.3. The summed E-state index contributed by atoms with van der Waals surface area (Å²) in [4.78, 5) is 25.2. The Morgan fingerprint density at radius 1 is 0.795 bits per heavy atom. The number of carbonyl (C=O) groups excluding carboxylic acids is 2. The van der Waals surface area contributed by atoms with E-state index in [2.05, 4.69) is 25.7 Å². The Morgan fingerprint density at radius 3 is 2.21 bits per heavy atom. The summed E-state index contributed by atoms with van der Waals surface area (Å²) in [6, 6.07) is 16.8. The molecule has 3 heteroatoms. The molecule has 0 radical (unpaired) electrons. The summed E-state index contributed by atoms with van der Waals surface area (Å²) >= 11 is 0. The second-order valence-electron chi connectivity index (χ2n) is 13.7. The molecule has 0 bridgehead atoms. The van der Waals surface area contributed by atoms with Crippen LogP contribution in [-0.2, 0) is 4.79 Å². The molecule has 4 aliphatic rings. The van der Waals surface area contributed by atoms with Gasteiger partial charge in [-0.25, -0.2) is 0 Å². The van der Waals surface area contributed by atoms with Crippen LogP contribution in [0.3, 0.4) is 0 Å². The second-order valence-corrected chi connectivity index (χ2v) is 13.7. The molecule has 1 N–H and O–H groups in total. The van der Waals surface area contributed by atoms with E-state index in [1.165, 1.54) is 25.7 Å². The number of hydrogen-bond acceptors (Lipinski definition) is 3. The molecule has 0 amide bonds. The van der Waals surface area contributed by atoms with Gasteiger partial charge in [0.15, 0.2) is 5.78 Å². The van der Waals surface area contributed by atoms with E-state index in [4.69, 9.17) is 0 Å². The normalized spacial score (nSPS) is 38.9. The number of Topliss-reactive ketones (excluding diaryl/α,β-unsaturated/α-hetero) is 1. The highest BCUT2D eigenvalue weighted by molar-refractivity contribution is 6.08. The molecule has 8 atom stereocenters. The maximum Gasteiger partial charge on any atom is 0.193 e. The fraction of sp³-hybridized carbons (Fsp3) is 0.556. The van der Waals surface area contributed by atoms with E-state index in [1.807, 2.05) is 61.5 Å². The molecular weight excluding hydrogens is 480 g/mol. The summed E-state index contributed by atoms with van der Waals surface area (Å²) in [5.74, 6) is 9.76. The van der Waals surface area contributed by atoms with Gasteiger partial charge in [-0.1, -0.05) is 56.0 Å². The van der Waals surface area contributed by atoms with Gasteiger partial charge in [0, 0.05) is 22.6 Å². The fourth-order valence-corrected chi connectivity index (χ4v) is 9.68. The molecular formula is C36H42O3. The topological polar surface area (TPSA) is 54.4 Å². The van der Waals surface area contributed by atoms with E-state index in [0.717, 1.165) is 43.6 Å². The molecule has 39 heavy (non-hydrogen) atoms. The van der Waals surface area contributed by atoms with Gasteiger partial charge in [-0.2, -0.15) is 0 Å². The van der Waals surface area contributed by atoms with Gasteiger partial charge in [-0.15, -0.1) is 0 Å². The Labute approximate surface area is 233 Å². The lowest BCUT2D eigenvalue weighted by Gasteiger charge is -2.61. The SMILES string of the molecule is CC(=O)[C@H]1CC[C@H]2[C@@H]3CC[C@@H]4C[C@@](O)(C#Cc5ccc(C(=O)c6ccccc6)cc5)CC[C@]4(C)[C@H]3CC[C@]12C. The molecule has 0 aliphatic heterocycles. The van der Waals surface area contributed by atoms with Crippen LogP contribution < -0.4 is 0 Å². The summed E-state index contributed by atoms with van der Waals surface area (Å²) in [5.41, 5.74) is 1.66. The zero-order chi connectivity index (χ0) is 27.4. The predicted octanol–water partition coefficient (Wildman–Crippen LogP) is 7.25. The maximum atomic E-state index is 12.7. The van der Waals surface area contributed by atoms with Crippen LogP contribution in [0.5, 0.6) is 0 Å². The van der Waals surface area contributed by atoms with Crippen molar-refractivity contribution in [2.45, 2.75) is 84.2 Å². The summed E-state index contributed by atoms with van der Waals surface area (Å²) < 4.78 is 0. The molecule has 204 valence electrons. The third-order valence-corrected chi connectivity index (χ3v) is 11.8. The quantitative estimate of drug-likeness (QED) is 0.341. The molecule has 6 rings (SSSR count). The van der Waals surface area contributed by atoms with Crippen LogP contribution in [0.2, 0.25) is 0 Å². The molecule has 4 saturated carbocycles. The van der Waals surface area contributed by atoms with E-state index in [-0.39, 0.29) is 22.5 Å². The van der Waals surface area contributed by atoms with Crippen molar-refractivity contribution in [2.75, 3.05) is 0 Å². The van der Waals surface area contributed by atoms with Gasteiger partial charge in [0.1, 0.15) is 11.4 Å². The molecule has 0 unspecified atom stereocenters. The Hall–Kier alpha value is -2.70. The molecule has 2 aromatic rings. The minimum absolute atomic E-state index is 0.00773. The first-order valence-corrected chi connectivity index (χ1v) is 15.1. The Morgan fingerprint density at radius 2 is 1.49 bits per heavy atom. The van der Waals surface area contributed by atoms with Crippen LogP contribution in [0.25, 0.3) is 0 Å². The van der Waals surface area contributed by atoms with Gasteiger partial charge in [0.25, 0.3) is 0 Å². The maximum absolute atomic E-state index is 12.7. The lowest BCUT2D eigenvalue weighted by Crippen LogP contribution is -2.56. The number of fused-ring (bicyclic) bond motifs is 5. The number of ketones is 2. The van der Waals surface area contributed by atoms with Gasteiger partial charge >= 0.3 is 0 Å². The molecule has 0 spiro atoms.